The summed E-state index contributed by atoms with van der Waals surface area (Å²) >= 11 is 6.08. The van der Waals surface area contributed by atoms with Gasteiger partial charge in [-0.3, -0.25) is 9.78 Å². The summed E-state index contributed by atoms with van der Waals surface area (Å²) in [6.07, 6.45) is 7.32. The van der Waals surface area contributed by atoms with Crippen LogP contribution in [0.15, 0.2) is 47.3 Å². The molecule has 1 fully saturated rings. The number of benzene rings is 1. The zero-order chi connectivity index (χ0) is 19.3. The van der Waals surface area contributed by atoms with Gasteiger partial charge in [0.05, 0.1) is 11.2 Å². The summed E-state index contributed by atoms with van der Waals surface area (Å²) in [5.74, 6) is 1.01. The number of aromatic nitrogens is 4. The quantitative estimate of drug-likeness (QED) is 0.649. The highest BCUT2D eigenvalue weighted by atomic mass is 35.5. The Balaban J connectivity index is 1.48. The summed E-state index contributed by atoms with van der Waals surface area (Å²) in [6.45, 7) is 0.504. The number of piperidine rings is 1. The first-order valence-electron chi connectivity index (χ1n) is 8.99. The van der Waals surface area contributed by atoms with Crippen LogP contribution in [-0.2, 0) is 4.79 Å². The van der Waals surface area contributed by atoms with Crippen molar-refractivity contribution < 1.29 is 13.9 Å². The summed E-state index contributed by atoms with van der Waals surface area (Å²) in [7, 11) is 0. The fourth-order valence-corrected chi connectivity index (χ4v) is 3.34. The molecule has 0 aliphatic carbocycles. The first-order valence-corrected chi connectivity index (χ1v) is 9.37. The third-order valence-corrected chi connectivity index (χ3v) is 4.83. The number of para-hydroxylation sites is 1. The molecule has 0 unspecified atom stereocenters. The van der Waals surface area contributed by atoms with E-state index in [-0.39, 0.29) is 24.4 Å². The van der Waals surface area contributed by atoms with Gasteiger partial charge in [0.1, 0.15) is 17.5 Å². The van der Waals surface area contributed by atoms with E-state index in [0.717, 1.165) is 19.3 Å². The van der Waals surface area contributed by atoms with E-state index in [2.05, 4.69) is 20.2 Å². The summed E-state index contributed by atoms with van der Waals surface area (Å²) in [5.41, 5.74) is 0.497. The molecule has 1 aliphatic heterocycles. The molecule has 0 spiro atoms. The van der Waals surface area contributed by atoms with Crippen LogP contribution in [0.2, 0.25) is 5.02 Å². The van der Waals surface area contributed by atoms with Crippen LogP contribution in [0.25, 0.3) is 11.6 Å². The molecule has 1 saturated heterocycles. The lowest BCUT2D eigenvalue weighted by molar-refractivity contribution is -0.137. The number of rotatable bonds is 5. The van der Waals surface area contributed by atoms with E-state index in [9.17, 15) is 4.79 Å². The Morgan fingerprint density at radius 3 is 2.96 bits per heavy atom. The highest BCUT2D eigenvalue weighted by Gasteiger charge is 2.32. The molecule has 1 amide bonds. The van der Waals surface area contributed by atoms with E-state index in [1.165, 1.54) is 0 Å². The minimum Gasteiger partial charge on any atom is -0.482 e. The van der Waals surface area contributed by atoms with E-state index in [0.29, 0.717) is 28.9 Å². The summed E-state index contributed by atoms with van der Waals surface area (Å²) in [4.78, 5) is 22.7. The Bertz CT molecular complexity index is 950. The van der Waals surface area contributed by atoms with E-state index >= 15 is 0 Å². The molecule has 28 heavy (non-hydrogen) atoms. The minimum absolute atomic E-state index is 0.106. The van der Waals surface area contributed by atoms with Crippen LogP contribution in [0.5, 0.6) is 5.75 Å². The standard InChI is InChI=1S/C19H18ClN5O3/c20-13-5-1-2-7-16(13)27-12-17(26)25-10-4-3-6-15(25)19-24-23-18(28-19)14-11-21-8-9-22-14/h1-2,5,7-9,11,15H,3-4,6,10,12H2/t15-/m1/s1. The number of amides is 1. The maximum Gasteiger partial charge on any atom is 0.267 e. The summed E-state index contributed by atoms with van der Waals surface area (Å²) in [6, 6.07) is 6.78. The van der Waals surface area contributed by atoms with Crippen molar-refractivity contribution in [1.82, 2.24) is 25.1 Å². The van der Waals surface area contributed by atoms with Crippen LogP contribution in [-0.4, -0.2) is 44.1 Å². The molecule has 1 atom stereocenters. The molecule has 8 nitrogen and oxygen atoms in total. The number of nitrogens with zero attached hydrogens (tertiary/aromatic N) is 5. The molecule has 144 valence electrons. The molecule has 9 heteroatoms. The largest absolute Gasteiger partial charge is 0.482 e. The molecule has 0 saturated carbocycles. The lowest BCUT2D eigenvalue weighted by Crippen LogP contribution is -2.41. The van der Waals surface area contributed by atoms with Crippen LogP contribution in [0.3, 0.4) is 0 Å². The number of likely N-dealkylation sites (tertiary alicyclic amines) is 1. The second-order valence-electron chi connectivity index (χ2n) is 6.35. The molecular formula is C19H18ClN5O3. The van der Waals surface area contributed by atoms with Crippen molar-refractivity contribution in [2.24, 2.45) is 0 Å². The molecule has 3 heterocycles. The maximum absolute atomic E-state index is 12.8. The zero-order valence-electron chi connectivity index (χ0n) is 15.0. The topological polar surface area (TPSA) is 94.2 Å². The van der Waals surface area contributed by atoms with Crippen molar-refractivity contribution in [1.29, 1.82) is 0 Å². The molecule has 1 aromatic carbocycles. The third-order valence-electron chi connectivity index (χ3n) is 4.52. The molecule has 0 bridgehead atoms. The number of carbonyl (C=O) groups is 1. The molecule has 0 radical (unpaired) electrons. The summed E-state index contributed by atoms with van der Waals surface area (Å²) < 4.78 is 11.4. The van der Waals surface area contributed by atoms with Gasteiger partial charge in [-0.15, -0.1) is 10.2 Å². The van der Waals surface area contributed by atoms with Crippen molar-refractivity contribution in [3.63, 3.8) is 0 Å². The number of hydrogen-bond donors (Lipinski definition) is 0. The van der Waals surface area contributed by atoms with Gasteiger partial charge in [-0.05, 0) is 31.4 Å². The maximum atomic E-state index is 12.8. The molecule has 0 N–H and O–H groups in total. The van der Waals surface area contributed by atoms with Crippen LogP contribution >= 0.6 is 11.6 Å². The lowest BCUT2D eigenvalue weighted by Gasteiger charge is -2.33. The Labute approximate surface area is 166 Å². The van der Waals surface area contributed by atoms with Gasteiger partial charge in [0.25, 0.3) is 11.8 Å². The Morgan fingerprint density at radius 1 is 1.25 bits per heavy atom. The van der Waals surface area contributed by atoms with E-state index < -0.39 is 0 Å². The fraction of sp³-hybridized carbons (Fsp3) is 0.316. The second kappa shape index (κ2) is 8.35. The highest BCUT2D eigenvalue weighted by Crippen LogP contribution is 2.32. The van der Waals surface area contributed by atoms with E-state index in [1.54, 1.807) is 35.6 Å². The van der Waals surface area contributed by atoms with Gasteiger partial charge in [0.15, 0.2) is 6.61 Å². The fourth-order valence-electron chi connectivity index (χ4n) is 3.15. The lowest BCUT2D eigenvalue weighted by atomic mass is 10.0. The average molecular weight is 400 g/mol. The van der Waals surface area contributed by atoms with Gasteiger partial charge >= 0.3 is 0 Å². The molecule has 4 rings (SSSR count). The average Bonchev–Trinajstić information content (AvgIpc) is 3.24. The van der Waals surface area contributed by atoms with Gasteiger partial charge in [-0.25, -0.2) is 4.98 Å². The van der Waals surface area contributed by atoms with Gasteiger partial charge in [0, 0.05) is 18.9 Å². The monoisotopic (exact) mass is 399 g/mol. The smallest absolute Gasteiger partial charge is 0.267 e. The van der Waals surface area contributed by atoms with Gasteiger partial charge in [0.2, 0.25) is 5.89 Å². The first-order chi connectivity index (χ1) is 13.7. The molecule has 2 aromatic heterocycles. The van der Waals surface area contributed by atoms with E-state index in [1.807, 2.05) is 12.1 Å². The highest BCUT2D eigenvalue weighted by molar-refractivity contribution is 6.32. The SMILES string of the molecule is O=C(COc1ccccc1Cl)N1CCCC[C@@H]1c1nnc(-c2cnccn2)o1. The third kappa shape index (κ3) is 3.96. The Kier molecular flexibility index (Phi) is 5.48. The zero-order valence-corrected chi connectivity index (χ0v) is 15.7. The number of halogens is 1. The van der Waals surface area contributed by atoms with Crippen molar-refractivity contribution in [2.45, 2.75) is 25.3 Å². The van der Waals surface area contributed by atoms with Crippen LogP contribution in [0.4, 0.5) is 0 Å². The molecular weight excluding hydrogens is 382 g/mol. The van der Waals surface area contributed by atoms with Gasteiger partial charge in [-0.1, -0.05) is 23.7 Å². The normalized spacial score (nSPS) is 16.8. The minimum atomic E-state index is -0.283. The number of ether oxygens (including phenoxy) is 1. The number of carbonyl (C=O) groups excluding carboxylic acids is 1. The van der Waals surface area contributed by atoms with Gasteiger partial charge < -0.3 is 14.1 Å². The van der Waals surface area contributed by atoms with Crippen molar-refractivity contribution in [3.05, 3.63) is 53.8 Å². The van der Waals surface area contributed by atoms with Crippen LogP contribution < -0.4 is 4.74 Å². The van der Waals surface area contributed by atoms with Crippen LogP contribution in [0.1, 0.15) is 31.2 Å². The first kappa shape index (κ1) is 18.4. The number of hydrogen-bond acceptors (Lipinski definition) is 7. The predicted molar refractivity (Wildman–Crippen MR) is 101 cm³/mol. The predicted octanol–water partition coefficient (Wildman–Crippen LogP) is 3.31. The Hall–Kier alpha value is -3.00. The summed E-state index contributed by atoms with van der Waals surface area (Å²) in [5, 5.41) is 8.66. The van der Waals surface area contributed by atoms with Crippen molar-refractivity contribution in [2.75, 3.05) is 13.2 Å². The van der Waals surface area contributed by atoms with E-state index in [4.69, 9.17) is 20.8 Å². The van der Waals surface area contributed by atoms with Gasteiger partial charge in [-0.2, -0.15) is 0 Å². The molecule has 3 aromatic rings. The van der Waals surface area contributed by atoms with Crippen molar-refractivity contribution in [3.8, 4) is 17.3 Å². The Morgan fingerprint density at radius 2 is 2.14 bits per heavy atom. The molecule has 1 aliphatic rings. The van der Waals surface area contributed by atoms with Crippen LogP contribution in [0, 0.1) is 0 Å². The second-order valence-corrected chi connectivity index (χ2v) is 6.76. The van der Waals surface area contributed by atoms with Crippen molar-refractivity contribution >= 4 is 17.5 Å².